The van der Waals surface area contributed by atoms with E-state index in [9.17, 15) is 12.3 Å². The molecule has 0 aliphatic carbocycles. The van der Waals surface area contributed by atoms with Crippen LogP contribution in [-0.2, 0) is 10.2 Å². The van der Waals surface area contributed by atoms with E-state index in [4.69, 9.17) is 4.74 Å². The molecule has 0 bridgehead atoms. The highest BCUT2D eigenvalue weighted by Crippen LogP contribution is 2.18. The largest absolute Gasteiger partial charge is 0.494 e. The highest BCUT2D eigenvalue weighted by atomic mass is 32.3. The van der Waals surface area contributed by atoms with Gasteiger partial charge in [-0.2, -0.15) is 8.42 Å². The van der Waals surface area contributed by atoms with Gasteiger partial charge >= 0.3 is 10.2 Å². The Morgan fingerprint density at radius 2 is 1.82 bits per heavy atom. The quantitative estimate of drug-likeness (QED) is 0.583. The van der Waals surface area contributed by atoms with Crippen molar-refractivity contribution in [3.8, 4) is 5.75 Å². The van der Waals surface area contributed by atoms with Crippen molar-refractivity contribution in [1.29, 1.82) is 0 Å². The fraction of sp³-hybridized carbons (Fsp3) is 0.500. The number of rotatable bonds is 6. The molecule has 0 saturated heterocycles. The molecule has 3 nitrogen and oxygen atoms in total. The molecule has 17 heavy (non-hydrogen) atoms. The second kappa shape index (κ2) is 6.00. The van der Waals surface area contributed by atoms with Crippen LogP contribution < -0.4 is 4.74 Å². The summed E-state index contributed by atoms with van der Waals surface area (Å²) in [6.45, 7) is 4.40. The molecule has 5 heteroatoms. The van der Waals surface area contributed by atoms with Crippen molar-refractivity contribution < 1.29 is 17.0 Å². The van der Waals surface area contributed by atoms with Crippen LogP contribution in [0.5, 0.6) is 5.75 Å². The van der Waals surface area contributed by atoms with Crippen molar-refractivity contribution >= 4 is 10.2 Å². The molecule has 0 spiro atoms. The molecule has 0 unspecified atom stereocenters. The van der Waals surface area contributed by atoms with Crippen molar-refractivity contribution in [2.45, 2.75) is 26.2 Å². The van der Waals surface area contributed by atoms with E-state index >= 15 is 0 Å². The average molecular weight is 260 g/mol. The molecule has 0 aromatic heterocycles. The lowest BCUT2D eigenvalue weighted by Gasteiger charge is -2.08. The van der Waals surface area contributed by atoms with Crippen LogP contribution in [0.2, 0.25) is 0 Å². The summed E-state index contributed by atoms with van der Waals surface area (Å²) < 4.78 is 38.0. The van der Waals surface area contributed by atoms with Crippen LogP contribution >= 0.6 is 0 Å². The SMILES string of the molecule is CC(C)c1ccc(OCCCS(=O)(=O)F)cc1. The molecule has 1 rings (SSSR count). The summed E-state index contributed by atoms with van der Waals surface area (Å²) in [5, 5.41) is 0. The van der Waals surface area contributed by atoms with E-state index in [0.717, 1.165) is 0 Å². The van der Waals surface area contributed by atoms with Gasteiger partial charge in [0.2, 0.25) is 0 Å². The van der Waals surface area contributed by atoms with Gasteiger partial charge in [0.05, 0.1) is 12.4 Å². The monoisotopic (exact) mass is 260 g/mol. The summed E-state index contributed by atoms with van der Waals surface area (Å²) in [5.74, 6) is 0.642. The fourth-order valence-electron chi connectivity index (χ4n) is 1.37. The zero-order valence-corrected chi connectivity index (χ0v) is 10.8. The van der Waals surface area contributed by atoms with Crippen LogP contribution in [0.15, 0.2) is 24.3 Å². The van der Waals surface area contributed by atoms with Crippen molar-refractivity contribution in [3.63, 3.8) is 0 Å². The van der Waals surface area contributed by atoms with Gasteiger partial charge in [-0.3, -0.25) is 0 Å². The lowest BCUT2D eigenvalue weighted by molar-refractivity contribution is 0.317. The van der Waals surface area contributed by atoms with Crippen LogP contribution in [-0.4, -0.2) is 20.8 Å². The van der Waals surface area contributed by atoms with E-state index in [1.807, 2.05) is 24.3 Å². The normalized spacial score (nSPS) is 11.8. The summed E-state index contributed by atoms with van der Waals surface area (Å²) in [6.07, 6.45) is 0.158. The topological polar surface area (TPSA) is 43.4 Å². The Bertz CT molecular complexity index is 437. The van der Waals surface area contributed by atoms with Crippen molar-refractivity contribution in [2.75, 3.05) is 12.4 Å². The molecule has 0 N–H and O–H groups in total. The average Bonchev–Trinajstić information content (AvgIpc) is 2.24. The molecule has 1 aromatic carbocycles. The van der Waals surface area contributed by atoms with Gasteiger partial charge in [0.15, 0.2) is 0 Å². The van der Waals surface area contributed by atoms with Crippen molar-refractivity contribution in [2.24, 2.45) is 0 Å². The molecule has 0 radical (unpaired) electrons. The lowest BCUT2D eigenvalue weighted by Crippen LogP contribution is -2.05. The Morgan fingerprint density at radius 3 is 2.29 bits per heavy atom. The third-order valence-electron chi connectivity index (χ3n) is 2.35. The molecular weight excluding hydrogens is 243 g/mol. The molecule has 0 fully saturated rings. The van der Waals surface area contributed by atoms with Crippen LogP contribution in [0.25, 0.3) is 0 Å². The van der Waals surface area contributed by atoms with E-state index in [1.165, 1.54) is 5.56 Å². The second-order valence-corrected chi connectivity index (χ2v) is 5.65. The maximum absolute atomic E-state index is 12.2. The Kier molecular flexibility index (Phi) is 4.93. The minimum atomic E-state index is -4.38. The Morgan fingerprint density at radius 1 is 1.24 bits per heavy atom. The van der Waals surface area contributed by atoms with Gasteiger partial charge in [0, 0.05) is 0 Å². The standard InChI is InChI=1S/C12H17FO3S/c1-10(2)11-4-6-12(7-5-11)16-8-3-9-17(13,14)15/h4-7,10H,3,8-9H2,1-2H3. The molecule has 0 saturated carbocycles. The van der Waals surface area contributed by atoms with Crippen LogP contribution in [0.3, 0.4) is 0 Å². The summed E-state index contributed by atoms with van der Waals surface area (Å²) in [5.41, 5.74) is 1.21. The van der Waals surface area contributed by atoms with Gasteiger partial charge in [0.25, 0.3) is 0 Å². The van der Waals surface area contributed by atoms with Gasteiger partial charge in [0.1, 0.15) is 5.75 Å². The van der Waals surface area contributed by atoms with E-state index < -0.39 is 16.0 Å². The Balaban J connectivity index is 2.37. The second-order valence-electron chi connectivity index (χ2n) is 4.17. The number of hydrogen-bond acceptors (Lipinski definition) is 3. The van der Waals surface area contributed by atoms with E-state index in [0.29, 0.717) is 11.7 Å². The van der Waals surface area contributed by atoms with Gasteiger partial charge in [-0.25, -0.2) is 0 Å². The summed E-state index contributed by atoms with van der Waals surface area (Å²) in [6, 6.07) is 7.59. The van der Waals surface area contributed by atoms with E-state index in [-0.39, 0.29) is 13.0 Å². The number of ether oxygens (including phenoxy) is 1. The van der Waals surface area contributed by atoms with Crippen molar-refractivity contribution in [1.82, 2.24) is 0 Å². The summed E-state index contributed by atoms with van der Waals surface area (Å²) >= 11 is 0. The van der Waals surface area contributed by atoms with E-state index in [2.05, 4.69) is 13.8 Å². The maximum atomic E-state index is 12.2. The highest BCUT2D eigenvalue weighted by Gasteiger charge is 2.06. The maximum Gasteiger partial charge on any atom is 0.302 e. The van der Waals surface area contributed by atoms with Crippen molar-refractivity contribution in [3.05, 3.63) is 29.8 Å². The van der Waals surface area contributed by atoms with Crippen LogP contribution in [0.1, 0.15) is 31.7 Å². The minimum absolute atomic E-state index is 0.158. The predicted molar refractivity (Wildman–Crippen MR) is 65.5 cm³/mol. The third-order valence-corrected chi connectivity index (χ3v) is 3.12. The first-order valence-electron chi connectivity index (χ1n) is 5.53. The number of benzene rings is 1. The third kappa shape index (κ3) is 5.68. The van der Waals surface area contributed by atoms with Crippen LogP contribution in [0.4, 0.5) is 3.89 Å². The summed E-state index contributed by atoms with van der Waals surface area (Å²) in [4.78, 5) is 0. The lowest BCUT2D eigenvalue weighted by atomic mass is 10.0. The molecular formula is C12H17FO3S. The first-order valence-corrected chi connectivity index (χ1v) is 7.09. The smallest absolute Gasteiger partial charge is 0.302 e. The number of halogens is 1. The first kappa shape index (κ1) is 14.0. The van der Waals surface area contributed by atoms with Gasteiger partial charge in [-0.05, 0) is 30.0 Å². The van der Waals surface area contributed by atoms with E-state index in [1.54, 1.807) is 0 Å². The van der Waals surface area contributed by atoms with Gasteiger partial charge in [-0.1, -0.05) is 26.0 Å². The zero-order chi connectivity index (χ0) is 12.9. The molecule has 0 aliphatic rings. The Hall–Kier alpha value is -1.10. The molecule has 96 valence electrons. The Labute approximate surface area is 102 Å². The summed E-state index contributed by atoms with van der Waals surface area (Å²) in [7, 11) is -4.38. The molecule has 0 amide bonds. The number of hydrogen-bond donors (Lipinski definition) is 0. The zero-order valence-electron chi connectivity index (χ0n) is 10.0. The minimum Gasteiger partial charge on any atom is -0.494 e. The van der Waals surface area contributed by atoms with Gasteiger partial charge < -0.3 is 4.74 Å². The fourth-order valence-corrected chi connectivity index (χ4v) is 1.83. The predicted octanol–water partition coefficient (Wildman–Crippen LogP) is 2.88. The molecule has 1 aromatic rings. The first-order chi connectivity index (χ1) is 7.88. The van der Waals surface area contributed by atoms with Crippen LogP contribution in [0, 0.1) is 0 Å². The molecule has 0 aliphatic heterocycles. The molecule has 0 heterocycles. The molecule has 0 atom stereocenters. The van der Waals surface area contributed by atoms with Gasteiger partial charge in [-0.15, -0.1) is 3.89 Å². The highest BCUT2D eigenvalue weighted by molar-refractivity contribution is 7.86.